The van der Waals surface area contributed by atoms with E-state index in [9.17, 15) is 4.79 Å². The number of aromatic nitrogens is 2. The van der Waals surface area contributed by atoms with Gasteiger partial charge in [-0.3, -0.25) is 4.79 Å². The molecular weight excluding hydrogens is 292 g/mol. The van der Waals surface area contributed by atoms with Crippen LogP contribution in [0.1, 0.15) is 11.3 Å². The van der Waals surface area contributed by atoms with Crippen LogP contribution in [0.4, 0.5) is 0 Å². The van der Waals surface area contributed by atoms with Gasteiger partial charge in [0.25, 0.3) is 5.56 Å². The van der Waals surface area contributed by atoms with Gasteiger partial charge >= 0.3 is 0 Å². The Morgan fingerprint density at radius 3 is 3.12 bits per heavy atom. The number of fused-ring (bicyclic) bond motifs is 1. The number of furan rings is 1. The first kappa shape index (κ1) is 10.2. The van der Waals surface area contributed by atoms with Crippen molar-refractivity contribution in [3.63, 3.8) is 0 Å². The molecule has 0 bridgehead atoms. The molecule has 0 amide bonds. The Labute approximate surface area is 104 Å². The summed E-state index contributed by atoms with van der Waals surface area (Å²) >= 11 is 5.05. The first-order valence-electron chi connectivity index (χ1n) is 4.69. The standard InChI is InChI=1S/C10H7BrN2O2S/c11-6-1-2-15-8(6)9-12-7-4-16-3-5(7)10(14)13-9/h1-2H,3-4H2,(H,12,13,14). The molecule has 82 valence electrons. The molecular formula is C10H7BrN2O2S. The molecule has 3 heterocycles. The van der Waals surface area contributed by atoms with Gasteiger partial charge in [0.15, 0.2) is 11.6 Å². The largest absolute Gasteiger partial charge is 0.460 e. The SMILES string of the molecule is O=c1[nH]c(-c2occc2Br)nc2c1CSC2. The molecule has 4 nitrogen and oxygen atoms in total. The lowest BCUT2D eigenvalue weighted by Crippen LogP contribution is -2.15. The monoisotopic (exact) mass is 298 g/mol. The lowest BCUT2D eigenvalue weighted by molar-refractivity contribution is 0.575. The van der Waals surface area contributed by atoms with E-state index in [-0.39, 0.29) is 5.56 Å². The van der Waals surface area contributed by atoms with Gasteiger partial charge in [0, 0.05) is 17.1 Å². The lowest BCUT2D eigenvalue weighted by atomic mass is 10.2. The highest BCUT2D eigenvalue weighted by atomic mass is 79.9. The first-order chi connectivity index (χ1) is 7.75. The van der Waals surface area contributed by atoms with E-state index in [1.54, 1.807) is 24.1 Å². The van der Waals surface area contributed by atoms with E-state index >= 15 is 0 Å². The van der Waals surface area contributed by atoms with Crippen LogP contribution < -0.4 is 5.56 Å². The van der Waals surface area contributed by atoms with Gasteiger partial charge in [0.05, 0.1) is 16.4 Å². The fourth-order valence-corrected chi connectivity index (χ4v) is 3.06. The van der Waals surface area contributed by atoms with Crippen LogP contribution in [0.5, 0.6) is 0 Å². The molecule has 1 aliphatic heterocycles. The summed E-state index contributed by atoms with van der Waals surface area (Å²) in [6.45, 7) is 0. The second-order valence-corrected chi connectivity index (χ2v) is 5.27. The predicted octanol–water partition coefficient (Wildman–Crippen LogP) is 2.54. The van der Waals surface area contributed by atoms with Crippen molar-refractivity contribution >= 4 is 27.7 Å². The Kier molecular flexibility index (Phi) is 2.40. The highest BCUT2D eigenvalue weighted by Crippen LogP contribution is 2.30. The van der Waals surface area contributed by atoms with Crippen molar-refractivity contribution in [2.45, 2.75) is 11.5 Å². The van der Waals surface area contributed by atoms with Crippen molar-refractivity contribution in [2.24, 2.45) is 0 Å². The number of hydrogen-bond donors (Lipinski definition) is 1. The van der Waals surface area contributed by atoms with Crippen molar-refractivity contribution in [3.8, 4) is 11.6 Å². The summed E-state index contributed by atoms with van der Waals surface area (Å²) < 4.78 is 6.07. The molecule has 0 saturated heterocycles. The fraction of sp³-hybridized carbons (Fsp3) is 0.200. The van der Waals surface area contributed by atoms with E-state index in [1.165, 1.54) is 0 Å². The normalized spacial score (nSPS) is 14.1. The maximum atomic E-state index is 11.8. The third-order valence-corrected chi connectivity index (χ3v) is 4.01. The number of thioether (sulfide) groups is 1. The van der Waals surface area contributed by atoms with Crippen LogP contribution in [-0.2, 0) is 11.5 Å². The smallest absolute Gasteiger partial charge is 0.255 e. The molecule has 1 aliphatic rings. The molecule has 0 aliphatic carbocycles. The van der Waals surface area contributed by atoms with Gasteiger partial charge in [-0.15, -0.1) is 0 Å². The second kappa shape index (κ2) is 3.78. The topological polar surface area (TPSA) is 58.9 Å². The molecule has 0 spiro atoms. The number of nitrogens with one attached hydrogen (secondary N) is 1. The molecule has 0 saturated carbocycles. The van der Waals surface area contributed by atoms with Gasteiger partial charge in [0.1, 0.15) is 0 Å². The quantitative estimate of drug-likeness (QED) is 0.879. The van der Waals surface area contributed by atoms with E-state index in [0.29, 0.717) is 11.6 Å². The molecule has 3 rings (SSSR count). The highest BCUT2D eigenvalue weighted by molar-refractivity contribution is 9.10. The second-order valence-electron chi connectivity index (χ2n) is 3.43. The fourth-order valence-electron chi connectivity index (χ4n) is 1.63. The van der Waals surface area contributed by atoms with Crippen molar-refractivity contribution < 1.29 is 4.42 Å². The van der Waals surface area contributed by atoms with E-state index in [4.69, 9.17) is 4.42 Å². The van der Waals surface area contributed by atoms with Crippen molar-refractivity contribution in [3.05, 3.63) is 38.4 Å². The summed E-state index contributed by atoms with van der Waals surface area (Å²) in [5.74, 6) is 2.60. The average Bonchev–Trinajstić information content (AvgIpc) is 2.85. The van der Waals surface area contributed by atoms with Crippen LogP contribution in [0.2, 0.25) is 0 Å². The predicted molar refractivity (Wildman–Crippen MR) is 65.3 cm³/mol. The summed E-state index contributed by atoms with van der Waals surface area (Å²) in [7, 11) is 0. The summed E-state index contributed by atoms with van der Waals surface area (Å²) in [6.07, 6.45) is 1.56. The molecule has 0 atom stereocenters. The molecule has 6 heteroatoms. The number of H-pyrrole nitrogens is 1. The maximum Gasteiger partial charge on any atom is 0.255 e. The van der Waals surface area contributed by atoms with Crippen LogP contribution in [0.25, 0.3) is 11.6 Å². The highest BCUT2D eigenvalue weighted by Gasteiger charge is 2.19. The summed E-state index contributed by atoms with van der Waals surface area (Å²) in [6, 6.07) is 1.78. The lowest BCUT2D eigenvalue weighted by Gasteiger charge is -2.00. The average molecular weight is 299 g/mol. The van der Waals surface area contributed by atoms with Gasteiger partial charge in [-0.25, -0.2) is 4.98 Å². The molecule has 16 heavy (non-hydrogen) atoms. The Morgan fingerprint density at radius 2 is 2.38 bits per heavy atom. The Morgan fingerprint density at radius 1 is 1.50 bits per heavy atom. The van der Waals surface area contributed by atoms with Gasteiger partial charge in [-0.1, -0.05) is 0 Å². The summed E-state index contributed by atoms with van der Waals surface area (Å²) in [4.78, 5) is 18.9. The zero-order chi connectivity index (χ0) is 11.1. The number of nitrogens with zero attached hydrogens (tertiary/aromatic N) is 1. The zero-order valence-corrected chi connectivity index (χ0v) is 10.5. The Balaban J connectivity index is 2.21. The zero-order valence-electron chi connectivity index (χ0n) is 8.12. The van der Waals surface area contributed by atoms with E-state index in [0.717, 1.165) is 27.2 Å². The minimum absolute atomic E-state index is 0.0618. The van der Waals surface area contributed by atoms with Crippen LogP contribution >= 0.6 is 27.7 Å². The number of hydrogen-bond acceptors (Lipinski definition) is 4. The molecule has 0 unspecified atom stereocenters. The molecule has 1 N–H and O–H groups in total. The van der Waals surface area contributed by atoms with E-state index < -0.39 is 0 Å². The van der Waals surface area contributed by atoms with E-state index in [1.807, 2.05) is 0 Å². The summed E-state index contributed by atoms with van der Waals surface area (Å²) in [5.41, 5.74) is 1.59. The number of aromatic amines is 1. The van der Waals surface area contributed by atoms with E-state index in [2.05, 4.69) is 25.9 Å². The molecule has 0 fully saturated rings. The molecule has 0 aromatic carbocycles. The van der Waals surface area contributed by atoms with Crippen LogP contribution in [0.15, 0.2) is 26.0 Å². The Hall–Kier alpha value is -1.01. The first-order valence-corrected chi connectivity index (χ1v) is 6.63. The maximum absolute atomic E-state index is 11.8. The number of halogens is 1. The van der Waals surface area contributed by atoms with Gasteiger partial charge in [0.2, 0.25) is 0 Å². The number of rotatable bonds is 1. The minimum Gasteiger partial charge on any atom is -0.460 e. The van der Waals surface area contributed by atoms with Crippen LogP contribution in [-0.4, -0.2) is 9.97 Å². The third-order valence-electron chi connectivity index (χ3n) is 2.42. The van der Waals surface area contributed by atoms with Crippen molar-refractivity contribution in [2.75, 3.05) is 0 Å². The molecule has 2 aromatic rings. The molecule has 2 aromatic heterocycles. The molecule has 0 radical (unpaired) electrons. The van der Waals surface area contributed by atoms with Gasteiger partial charge in [-0.2, -0.15) is 11.8 Å². The minimum atomic E-state index is -0.0618. The van der Waals surface area contributed by atoms with Gasteiger partial charge < -0.3 is 9.40 Å². The Bertz CT molecular complexity index is 605. The van der Waals surface area contributed by atoms with Crippen LogP contribution in [0.3, 0.4) is 0 Å². The van der Waals surface area contributed by atoms with Gasteiger partial charge in [-0.05, 0) is 22.0 Å². The summed E-state index contributed by atoms with van der Waals surface area (Å²) in [5, 5.41) is 0. The van der Waals surface area contributed by atoms with Crippen molar-refractivity contribution in [1.29, 1.82) is 0 Å². The van der Waals surface area contributed by atoms with Crippen LogP contribution in [0, 0.1) is 0 Å². The third kappa shape index (κ3) is 1.53. The van der Waals surface area contributed by atoms with Crippen molar-refractivity contribution in [1.82, 2.24) is 9.97 Å².